The maximum absolute atomic E-state index is 13.7. The van der Waals surface area contributed by atoms with Crippen molar-refractivity contribution < 1.29 is 18.7 Å². The molecule has 7 heteroatoms. The highest BCUT2D eigenvalue weighted by molar-refractivity contribution is 6.04. The topological polar surface area (TPSA) is 71.5 Å². The number of ether oxygens (including phenoxy) is 1. The van der Waals surface area contributed by atoms with Crippen LogP contribution in [0.4, 0.5) is 4.39 Å². The normalized spacial score (nSPS) is 31.4. The van der Waals surface area contributed by atoms with Crippen LogP contribution >= 0.6 is 0 Å². The predicted molar refractivity (Wildman–Crippen MR) is 145 cm³/mol. The Hall–Kier alpha value is -3.06. The summed E-state index contributed by atoms with van der Waals surface area (Å²) in [6.45, 7) is 9.74. The lowest BCUT2D eigenvalue weighted by Gasteiger charge is -2.46. The van der Waals surface area contributed by atoms with E-state index in [4.69, 9.17) is 4.74 Å². The van der Waals surface area contributed by atoms with Crippen LogP contribution in [0.5, 0.6) is 0 Å². The van der Waals surface area contributed by atoms with E-state index < -0.39 is 5.41 Å². The van der Waals surface area contributed by atoms with Gasteiger partial charge in [-0.1, -0.05) is 38.1 Å². The number of carbonyl (C=O) groups is 2. The number of cyclic esters (lactones) is 1. The van der Waals surface area contributed by atoms with Crippen LogP contribution in [0.25, 0.3) is 17.2 Å². The first-order valence-electron chi connectivity index (χ1n) is 13.9. The molecule has 1 saturated carbocycles. The second kappa shape index (κ2) is 11.0. The van der Waals surface area contributed by atoms with Crippen molar-refractivity contribution in [2.75, 3.05) is 26.2 Å². The first-order chi connectivity index (χ1) is 18.3. The SMILES string of the molecule is CC1C[C@@]2(C(=O)NCCN3CCCC3)C(=O)O[C@H](C)C2C(/C=C/c2ccc(-c3cccc(F)c3)cn2)C1C. The smallest absolute Gasteiger partial charge is 0.322 e. The number of nitrogens with zero attached hydrogens (tertiary/aromatic N) is 2. The van der Waals surface area contributed by atoms with Gasteiger partial charge in [0, 0.05) is 30.8 Å². The van der Waals surface area contributed by atoms with Gasteiger partial charge in [0.2, 0.25) is 5.91 Å². The fourth-order valence-corrected chi connectivity index (χ4v) is 6.82. The number of hydrogen-bond donors (Lipinski definition) is 1. The highest BCUT2D eigenvalue weighted by atomic mass is 19.1. The number of nitrogens with one attached hydrogen (secondary N) is 1. The van der Waals surface area contributed by atoms with Gasteiger partial charge in [0.25, 0.3) is 0 Å². The minimum Gasteiger partial charge on any atom is -0.461 e. The van der Waals surface area contributed by atoms with Crippen molar-refractivity contribution in [2.24, 2.45) is 29.1 Å². The Morgan fingerprint density at radius 1 is 1.18 bits per heavy atom. The number of benzene rings is 1. The van der Waals surface area contributed by atoms with Gasteiger partial charge >= 0.3 is 5.97 Å². The van der Waals surface area contributed by atoms with E-state index in [9.17, 15) is 14.0 Å². The summed E-state index contributed by atoms with van der Waals surface area (Å²) in [5.74, 6) is -0.672. The number of hydrogen-bond acceptors (Lipinski definition) is 5. The van der Waals surface area contributed by atoms with E-state index in [0.717, 1.165) is 36.5 Å². The molecule has 1 aromatic carbocycles. The molecule has 38 heavy (non-hydrogen) atoms. The van der Waals surface area contributed by atoms with Gasteiger partial charge in [0.15, 0.2) is 5.41 Å². The highest BCUT2D eigenvalue weighted by Crippen LogP contribution is 2.56. The van der Waals surface area contributed by atoms with Crippen LogP contribution < -0.4 is 5.32 Å². The molecule has 2 aliphatic heterocycles. The summed E-state index contributed by atoms with van der Waals surface area (Å²) in [6, 6.07) is 10.3. The van der Waals surface area contributed by atoms with E-state index in [0.29, 0.717) is 13.0 Å². The van der Waals surface area contributed by atoms with E-state index in [-0.39, 0.29) is 47.5 Å². The molecule has 0 bridgehead atoms. The van der Waals surface area contributed by atoms with E-state index in [1.165, 1.54) is 25.0 Å². The lowest BCUT2D eigenvalue weighted by molar-refractivity contribution is -0.157. The van der Waals surface area contributed by atoms with Gasteiger partial charge in [0.05, 0.1) is 5.69 Å². The summed E-state index contributed by atoms with van der Waals surface area (Å²) in [5.41, 5.74) is 1.22. The third-order valence-corrected chi connectivity index (χ3v) is 9.05. The standard InChI is InChI=1S/C31H38FN3O3/c1-20-18-31(29(36)33-13-16-35-14-4-5-15-35)28(22(3)38-30(31)37)27(21(20)2)12-11-26-10-9-24(19-34-26)23-7-6-8-25(32)17-23/h6-12,17,19-22,27-28H,4-5,13-16,18H2,1-3H3,(H,33,36)/b12-11+/t20?,21?,22-,27?,28?,31-/m1/s1. The van der Waals surface area contributed by atoms with E-state index in [2.05, 4.69) is 35.1 Å². The maximum Gasteiger partial charge on any atom is 0.322 e. The molecular weight excluding hydrogens is 481 g/mol. The molecule has 202 valence electrons. The number of likely N-dealkylation sites (tertiary alicyclic amines) is 1. The van der Waals surface area contributed by atoms with Crippen LogP contribution in [0.2, 0.25) is 0 Å². The number of carbonyl (C=O) groups excluding carboxylic acids is 2. The number of amides is 1. The fraction of sp³-hybridized carbons (Fsp3) is 0.516. The second-order valence-corrected chi connectivity index (χ2v) is 11.4. The van der Waals surface area contributed by atoms with Gasteiger partial charge in [-0.25, -0.2) is 4.39 Å². The Kier molecular flexibility index (Phi) is 7.66. The maximum atomic E-state index is 13.7. The fourth-order valence-electron chi connectivity index (χ4n) is 6.82. The first kappa shape index (κ1) is 26.5. The van der Waals surface area contributed by atoms with Crippen molar-refractivity contribution in [3.63, 3.8) is 0 Å². The number of halogens is 1. The molecule has 6 atom stereocenters. The second-order valence-electron chi connectivity index (χ2n) is 11.4. The molecule has 2 aromatic rings. The number of fused-ring (bicyclic) bond motifs is 1. The predicted octanol–water partition coefficient (Wildman–Crippen LogP) is 4.95. The molecular formula is C31H38FN3O3. The zero-order valence-corrected chi connectivity index (χ0v) is 22.5. The van der Waals surface area contributed by atoms with E-state index >= 15 is 0 Å². The molecule has 6 nitrogen and oxygen atoms in total. The molecule has 4 unspecified atom stereocenters. The van der Waals surface area contributed by atoms with E-state index in [1.54, 1.807) is 12.3 Å². The number of pyridine rings is 1. The van der Waals surface area contributed by atoms with Gasteiger partial charge in [-0.2, -0.15) is 0 Å². The van der Waals surface area contributed by atoms with Crippen molar-refractivity contribution in [1.82, 2.24) is 15.2 Å². The molecule has 5 rings (SSSR count). The Bertz CT molecular complexity index is 1190. The number of aromatic nitrogens is 1. The molecule has 2 saturated heterocycles. The summed E-state index contributed by atoms with van der Waals surface area (Å²) >= 11 is 0. The largest absolute Gasteiger partial charge is 0.461 e. The van der Waals surface area contributed by atoms with Crippen LogP contribution in [0.15, 0.2) is 48.7 Å². The average Bonchev–Trinajstić information content (AvgIpc) is 3.51. The molecule has 1 aliphatic carbocycles. The summed E-state index contributed by atoms with van der Waals surface area (Å²) in [6.07, 6.45) is 8.39. The molecule has 3 fully saturated rings. The Labute approximate surface area is 224 Å². The van der Waals surface area contributed by atoms with Crippen LogP contribution in [0, 0.1) is 34.9 Å². The van der Waals surface area contributed by atoms with Gasteiger partial charge in [-0.05, 0) is 86.9 Å². The van der Waals surface area contributed by atoms with Gasteiger partial charge in [-0.3, -0.25) is 14.6 Å². The monoisotopic (exact) mass is 519 g/mol. The van der Waals surface area contributed by atoms with Crippen molar-refractivity contribution in [2.45, 2.75) is 46.1 Å². The Morgan fingerprint density at radius 3 is 2.68 bits per heavy atom. The summed E-state index contributed by atoms with van der Waals surface area (Å²) in [7, 11) is 0. The minimum atomic E-state index is -1.17. The third-order valence-electron chi connectivity index (χ3n) is 9.05. The first-order valence-corrected chi connectivity index (χ1v) is 13.9. The summed E-state index contributed by atoms with van der Waals surface area (Å²) < 4.78 is 19.4. The Morgan fingerprint density at radius 2 is 1.97 bits per heavy atom. The van der Waals surface area contributed by atoms with Crippen LogP contribution in [0.1, 0.15) is 45.7 Å². The molecule has 3 aliphatic rings. The van der Waals surface area contributed by atoms with Gasteiger partial charge in [0.1, 0.15) is 11.9 Å². The van der Waals surface area contributed by atoms with Crippen molar-refractivity contribution in [3.05, 3.63) is 60.2 Å². The molecule has 1 N–H and O–H groups in total. The number of esters is 1. The Balaban J connectivity index is 1.35. The summed E-state index contributed by atoms with van der Waals surface area (Å²) in [4.78, 5) is 33.9. The van der Waals surface area contributed by atoms with E-state index in [1.807, 2.05) is 31.2 Å². The molecule has 0 spiro atoms. The summed E-state index contributed by atoms with van der Waals surface area (Å²) in [5, 5.41) is 3.10. The van der Waals surface area contributed by atoms with Crippen LogP contribution in [0.3, 0.4) is 0 Å². The van der Waals surface area contributed by atoms with Crippen molar-refractivity contribution in [3.8, 4) is 11.1 Å². The zero-order valence-electron chi connectivity index (χ0n) is 22.5. The quantitative estimate of drug-likeness (QED) is 0.414. The minimum absolute atomic E-state index is 0.0192. The lowest BCUT2D eigenvalue weighted by Crippen LogP contribution is -2.56. The van der Waals surface area contributed by atoms with Gasteiger partial charge < -0.3 is 15.0 Å². The molecule has 0 radical (unpaired) electrons. The number of allylic oxidation sites excluding steroid dienone is 1. The van der Waals surface area contributed by atoms with Crippen molar-refractivity contribution >= 4 is 18.0 Å². The average molecular weight is 520 g/mol. The van der Waals surface area contributed by atoms with Crippen LogP contribution in [-0.4, -0.2) is 54.0 Å². The van der Waals surface area contributed by atoms with Crippen molar-refractivity contribution in [1.29, 1.82) is 0 Å². The lowest BCUT2D eigenvalue weighted by atomic mass is 9.54. The highest BCUT2D eigenvalue weighted by Gasteiger charge is 2.66. The van der Waals surface area contributed by atoms with Gasteiger partial charge in [-0.15, -0.1) is 0 Å². The van der Waals surface area contributed by atoms with Crippen LogP contribution in [-0.2, 0) is 14.3 Å². The molecule has 1 amide bonds. The third kappa shape index (κ3) is 5.00. The zero-order chi connectivity index (χ0) is 26.9. The number of rotatable bonds is 7. The molecule has 3 heterocycles. The molecule has 1 aromatic heterocycles.